The molecule has 1 heterocycles. The van der Waals surface area contributed by atoms with E-state index in [0.717, 1.165) is 32.7 Å². The number of carboxylic acids is 2. The first kappa shape index (κ1) is 21.6. The van der Waals surface area contributed by atoms with Crippen LogP contribution < -0.4 is 0 Å². The third-order valence-electron chi connectivity index (χ3n) is 4.02. The summed E-state index contributed by atoms with van der Waals surface area (Å²) < 4.78 is 0. The summed E-state index contributed by atoms with van der Waals surface area (Å²) in [5, 5.41) is 14.8. The molecular weight excluding hydrogens is 336 g/mol. The fraction of sp³-hybridized carbons (Fsp3) is 0.526. The third kappa shape index (κ3) is 8.11. The maximum absolute atomic E-state index is 12.0. The summed E-state index contributed by atoms with van der Waals surface area (Å²) in [6, 6.07) is 8.73. The van der Waals surface area contributed by atoms with E-state index >= 15 is 0 Å². The molecule has 0 radical (unpaired) electrons. The number of hydrogen-bond acceptors (Lipinski definition) is 4. The number of rotatable bonds is 4. The van der Waals surface area contributed by atoms with Crippen molar-refractivity contribution in [2.45, 2.75) is 33.7 Å². The van der Waals surface area contributed by atoms with Crippen LogP contribution in [-0.4, -0.2) is 64.0 Å². The van der Waals surface area contributed by atoms with Crippen LogP contribution in [0.3, 0.4) is 0 Å². The lowest BCUT2D eigenvalue weighted by atomic mass is 10.1. The smallest absolute Gasteiger partial charge is 0.414 e. The number of carbonyl (C=O) groups excluding carboxylic acids is 1. The van der Waals surface area contributed by atoms with E-state index in [1.54, 1.807) is 0 Å². The average molecular weight is 364 g/mol. The van der Waals surface area contributed by atoms with Gasteiger partial charge >= 0.3 is 11.9 Å². The molecule has 0 aromatic heterocycles. The molecule has 0 spiro atoms. The number of amides is 1. The highest BCUT2D eigenvalue weighted by atomic mass is 16.4. The Balaban J connectivity index is 0.000000487. The highest BCUT2D eigenvalue weighted by Crippen LogP contribution is 2.12. The maximum Gasteiger partial charge on any atom is 0.414 e. The van der Waals surface area contributed by atoms with E-state index in [9.17, 15) is 4.79 Å². The monoisotopic (exact) mass is 364 g/mol. The number of benzene rings is 1. The number of hydrogen-bond donors (Lipinski definition) is 2. The van der Waals surface area contributed by atoms with Crippen molar-refractivity contribution in [1.29, 1.82) is 0 Å². The number of carbonyl (C=O) groups is 3. The second kappa shape index (κ2) is 10.6. The SMILES string of the molecule is Cc1ccc(CN2CCN(C(=O)CC(C)C)CC2)cc1.O=C(O)C(=O)O. The number of aryl methyl sites for hydroxylation is 1. The number of aliphatic carboxylic acids is 2. The molecule has 26 heavy (non-hydrogen) atoms. The minimum absolute atomic E-state index is 0.315. The molecule has 7 heteroatoms. The van der Waals surface area contributed by atoms with E-state index in [2.05, 4.69) is 49.9 Å². The van der Waals surface area contributed by atoms with Gasteiger partial charge in [0.2, 0.25) is 5.91 Å². The van der Waals surface area contributed by atoms with E-state index in [-0.39, 0.29) is 0 Å². The van der Waals surface area contributed by atoms with Crippen LogP contribution in [0.4, 0.5) is 0 Å². The van der Waals surface area contributed by atoms with Crippen molar-refractivity contribution in [3.05, 3.63) is 35.4 Å². The summed E-state index contributed by atoms with van der Waals surface area (Å²) in [4.78, 5) is 34.7. The second-order valence-corrected chi connectivity index (χ2v) is 6.85. The molecule has 7 nitrogen and oxygen atoms in total. The molecule has 1 fully saturated rings. The lowest BCUT2D eigenvalue weighted by Gasteiger charge is -2.35. The zero-order valence-electron chi connectivity index (χ0n) is 15.6. The van der Waals surface area contributed by atoms with E-state index in [1.165, 1.54) is 11.1 Å². The Labute approximate surface area is 154 Å². The highest BCUT2D eigenvalue weighted by molar-refractivity contribution is 6.27. The first-order chi connectivity index (χ1) is 12.2. The van der Waals surface area contributed by atoms with Crippen LogP contribution in [0.25, 0.3) is 0 Å². The first-order valence-electron chi connectivity index (χ1n) is 8.71. The van der Waals surface area contributed by atoms with Crippen LogP contribution in [0.15, 0.2) is 24.3 Å². The molecule has 0 unspecified atom stereocenters. The van der Waals surface area contributed by atoms with Crippen molar-refractivity contribution in [1.82, 2.24) is 9.80 Å². The molecule has 2 N–H and O–H groups in total. The molecule has 0 atom stereocenters. The molecule has 1 amide bonds. The summed E-state index contributed by atoms with van der Waals surface area (Å²) in [6.07, 6.45) is 0.679. The quantitative estimate of drug-likeness (QED) is 0.791. The van der Waals surface area contributed by atoms with Gasteiger partial charge in [0, 0.05) is 39.1 Å². The Hall–Kier alpha value is -2.41. The largest absolute Gasteiger partial charge is 0.473 e. The molecule has 1 aliphatic rings. The zero-order valence-corrected chi connectivity index (χ0v) is 15.6. The first-order valence-corrected chi connectivity index (χ1v) is 8.71. The lowest BCUT2D eigenvalue weighted by Crippen LogP contribution is -2.48. The standard InChI is InChI=1S/C17H26N2O.C2H2O4/c1-14(2)12-17(20)19-10-8-18(9-11-19)13-16-6-4-15(3)5-7-16;3-1(4)2(5)6/h4-7,14H,8-13H2,1-3H3;(H,3,4)(H,5,6). The van der Waals surface area contributed by atoms with E-state index in [0.29, 0.717) is 18.2 Å². The molecule has 144 valence electrons. The van der Waals surface area contributed by atoms with Crippen molar-refractivity contribution in [2.75, 3.05) is 26.2 Å². The van der Waals surface area contributed by atoms with Gasteiger partial charge in [0.1, 0.15) is 0 Å². The Bertz CT molecular complexity index is 593. The molecule has 1 aliphatic heterocycles. The van der Waals surface area contributed by atoms with Gasteiger partial charge in [-0.25, -0.2) is 9.59 Å². The predicted octanol–water partition coefficient (Wildman–Crippen LogP) is 1.84. The van der Waals surface area contributed by atoms with Crippen molar-refractivity contribution in [2.24, 2.45) is 5.92 Å². The summed E-state index contributed by atoms with van der Waals surface area (Å²) in [5.74, 6) is -2.88. The molecule has 2 rings (SSSR count). The third-order valence-corrected chi connectivity index (χ3v) is 4.02. The van der Waals surface area contributed by atoms with Gasteiger partial charge in [-0.15, -0.1) is 0 Å². The van der Waals surface area contributed by atoms with E-state index in [4.69, 9.17) is 19.8 Å². The molecular formula is C19H28N2O5. The zero-order chi connectivity index (χ0) is 19.7. The fourth-order valence-corrected chi connectivity index (χ4v) is 2.59. The molecule has 1 saturated heterocycles. The Morgan fingerprint density at radius 2 is 1.46 bits per heavy atom. The average Bonchev–Trinajstić information content (AvgIpc) is 2.57. The molecule has 0 saturated carbocycles. The van der Waals surface area contributed by atoms with Gasteiger partial charge in [-0.05, 0) is 18.4 Å². The number of carboxylic acid groups (broad SMARTS) is 2. The van der Waals surface area contributed by atoms with E-state index in [1.807, 2.05) is 4.90 Å². The van der Waals surface area contributed by atoms with Gasteiger partial charge in [0.05, 0.1) is 0 Å². The normalized spacial score (nSPS) is 14.5. The summed E-state index contributed by atoms with van der Waals surface area (Å²) in [6.45, 7) is 11.0. The number of piperazine rings is 1. The molecule has 0 aliphatic carbocycles. The predicted molar refractivity (Wildman–Crippen MR) is 97.8 cm³/mol. The highest BCUT2D eigenvalue weighted by Gasteiger charge is 2.21. The Kier molecular flexibility index (Phi) is 8.78. The van der Waals surface area contributed by atoms with Gasteiger partial charge in [-0.3, -0.25) is 9.69 Å². The van der Waals surface area contributed by atoms with Crippen LogP contribution in [0.5, 0.6) is 0 Å². The number of nitrogens with zero attached hydrogens (tertiary/aromatic N) is 2. The van der Waals surface area contributed by atoms with Gasteiger partial charge in [-0.2, -0.15) is 0 Å². The van der Waals surface area contributed by atoms with Gasteiger partial charge in [0.15, 0.2) is 0 Å². The Morgan fingerprint density at radius 3 is 1.88 bits per heavy atom. The minimum atomic E-state index is -1.82. The van der Waals surface area contributed by atoms with Crippen molar-refractivity contribution >= 4 is 17.8 Å². The topological polar surface area (TPSA) is 98.2 Å². The van der Waals surface area contributed by atoms with Crippen molar-refractivity contribution in [3.63, 3.8) is 0 Å². The fourth-order valence-electron chi connectivity index (χ4n) is 2.59. The summed E-state index contributed by atoms with van der Waals surface area (Å²) in [5.41, 5.74) is 2.66. The minimum Gasteiger partial charge on any atom is -0.473 e. The van der Waals surface area contributed by atoms with Crippen LogP contribution in [0.1, 0.15) is 31.4 Å². The Morgan fingerprint density at radius 1 is 0.962 bits per heavy atom. The van der Waals surface area contributed by atoms with E-state index < -0.39 is 11.9 Å². The summed E-state index contributed by atoms with van der Waals surface area (Å²) in [7, 11) is 0. The van der Waals surface area contributed by atoms with Crippen LogP contribution in [-0.2, 0) is 20.9 Å². The lowest BCUT2D eigenvalue weighted by molar-refractivity contribution is -0.159. The van der Waals surface area contributed by atoms with Gasteiger partial charge < -0.3 is 15.1 Å². The molecule has 0 bridgehead atoms. The van der Waals surface area contributed by atoms with Crippen molar-refractivity contribution < 1.29 is 24.6 Å². The van der Waals surface area contributed by atoms with Gasteiger partial charge in [-0.1, -0.05) is 43.7 Å². The van der Waals surface area contributed by atoms with Crippen molar-refractivity contribution in [3.8, 4) is 0 Å². The van der Waals surface area contributed by atoms with Crippen LogP contribution in [0, 0.1) is 12.8 Å². The van der Waals surface area contributed by atoms with Crippen LogP contribution in [0.2, 0.25) is 0 Å². The maximum atomic E-state index is 12.0. The molecule has 1 aromatic rings. The van der Waals surface area contributed by atoms with Gasteiger partial charge in [0.25, 0.3) is 0 Å². The van der Waals surface area contributed by atoms with Crippen LogP contribution >= 0.6 is 0 Å². The molecule has 1 aromatic carbocycles. The summed E-state index contributed by atoms with van der Waals surface area (Å²) >= 11 is 0. The second-order valence-electron chi connectivity index (χ2n) is 6.85.